The first-order valence-corrected chi connectivity index (χ1v) is 5.38. The summed E-state index contributed by atoms with van der Waals surface area (Å²) in [5.41, 5.74) is 8.33. The molecule has 0 heterocycles. The lowest BCUT2D eigenvalue weighted by molar-refractivity contribution is 0.385. The smallest absolute Gasteiger partial charge is 0.127 e. The number of nitrogens with zero attached hydrogens (tertiary/aromatic N) is 1. The predicted molar refractivity (Wildman–Crippen MR) is 68.3 cm³/mol. The highest BCUT2D eigenvalue weighted by Crippen LogP contribution is 2.26. The van der Waals surface area contributed by atoms with Crippen molar-refractivity contribution in [1.82, 2.24) is 4.90 Å². The van der Waals surface area contributed by atoms with E-state index in [0.29, 0.717) is 12.3 Å². The number of nitrogens with two attached hydrogens (primary N) is 1. The highest BCUT2D eigenvalue weighted by atomic mass is 16.3. The molecular formula is C13H20N2O. The van der Waals surface area contributed by atoms with Gasteiger partial charge in [0.05, 0.1) is 0 Å². The molecule has 0 spiro atoms. The van der Waals surface area contributed by atoms with Crippen molar-refractivity contribution >= 4 is 6.08 Å². The van der Waals surface area contributed by atoms with E-state index in [9.17, 15) is 5.11 Å². The van der Waals surface area contributed by atoms with E-state index in [1.807, 2.05) is 50.2 Å². The van der Waals surface area contributed by atoms with Crippen LogP contribution in [0.15, 0.2) is 18.2 Å². The molecule has 3 nitrogen and oxygen atoms in total. The molecule has 3 N–H and O–H groups in total. The molecule has 0 atom stereocenters. The first kappa shape index (κ1) is 12.7. The van der Waals surface area contributed by atoms with Crippen LogP contribution in [0.3, 0.4) is 0 Å². The van der Waals surface area contributed by atoms with E-state index in [-0.39, 0.29) is 0 Å². The number of aromatic hydroxyl groups is 1. The van der Waals surface area contributed by atoms with Gasteiger partial charge < -0.3 is 15.7 Å². The molecule has 0 saturated heterocycles. The molecule has 16 heavy (non-hydrogen) atoms. The molecule has 0 amide bonds. The standard InChI is InChI=1S/C13H20N2O/c1-10-7-11(5-4-6-14)13(16)12(8-10)9-15(2)3/h4-5,7-8,16H,6,9,14H2,1-3H3/b5-4+. The number of aryl methyl sites for hydroxylation is 1. The van der Waals surface area contributed by atoms with Crippen molar-refractivity contribution in [2.24, 2.45) is 5.73 Å². The zero-order valence-electron chi connectivity index (χ0n) is 10.2. The van der Waals surface area contributed by atoms with Gasteiger partial charge in [-0.25, -0.2) is 0 Å². The number of rotatable bonds is 4. The van der Waals surface area contributed by atoms with E-state index >= 15 is 0 Å². The first-order chi connectivity index (χ1) is 7.54. The lowest BCUT2D eigenvalue weighted by atomic mass is 10.0. The summed E-state index contributed by atoms with van der Waals surface area (Å²) in [7, 11) is 3.97. The second-order valence-corrected chi connectivity index (χ2v) is 4.24. The highest BCUT2D eigenvalue weighted by molar-refractivity contribution is 5.60. The Morgan fingerprint density at radius 1 is 1.38 bits per heavy atom. The molecule has 1 rings (SSSR count). The molecule has 3 heteroatoms. The van der Waals surface area contributed by atoms with Gasteiger partial charge in [-0.2, -0.15) is 0 Å². The molecular weight excluding hydrogens is 200 g/mol. The summed E-state index contributed by atoms with van der Waals surface area (Å²) in [6.07, 6.45) is 3.70. The van der Waals surface area contributed by atoms with E-state index in [1.54, 1.807) is 0 Å². The SMILES string of the molecule is Cc1cc(/C=C/CN)c(O)c(CN(C)C)c1. The second-order valence-electron chi connectivity index (χ2n) is 4.24. The Bertz CT molecular complexity index is 384. The van der Waals surface area contributed by atoms with Crippen molar-refractivity contribution in [2.45, 2.75) is 13.5 Å². The van der Waals surface area contributed by atoms with Crippen LogP contribution in [0.25, 0.3) is 6.08 Å². The summed E-state index contributed by atoms with van der Waals surface area (Å²) >= 11 is 0. The second kappa shape index (κ2) is 5.68. The molecule has 0 radical (unpaired) electrons. The molecule has 0 saturated carbocycles. The number of hydrogen-bond acceptors (Lipinski definition) is 3. The zero-order valence-corrected chi connectivity index (χ0v) is 10.2. The van der Waals surface area contributed by atoms with Gasteiger partial charge in [0.25, 0.3) is 0 Å². The maximum absolute atomic E-state index is 10.1. The van der Waals surface area contributed by atoms with Crippen LogP contribution >= 0.6 is 0 Å². The Morgan fingerprint density at radius 2 is 2.06 bits per heavy atom. The highest BCUT2D eigenvalue weighted by Gasteiger charge is 2.07. The summed E-state index contributed by atoms with van der Waals surface area (Å²) in [4.78, 5) is 2.03. The van der Waals surface area contributed by atoms with Gasteiger partial charge in [-0.15, -0.1) is 0 Å². The third-order valence-electron chi connectivity index (χ3n) is 2.28. The van der Waals surface area contributed by atoms with Gasteiger partial charge in [-0.1, -0.05) is 18.2 Å². The predicted octanol–water partition coefficient (Wildman–Crippen LogP) is 1.73. The van der Waals surface area contributed by atoms with Crippen molar-refractivity contribution in [3.8, 4) is 5.75 Å². The molecule has 0 unspecified atom stereocenters. The number of phenolic OH excluding ortho intramolecular Hbond substituents is 1. The third-order valence-corrected chi connectivity index (χ3v) is 2.28. The van der Waals surface area contributed by atoms with Crippen LogP contribution in [0.4, 0.5) is 0 Å². The van der Waals surface area contributed by atoms with Crippen molar-refractivity contribution in [2.75, 3.05) is 20.6 Å². The lowest BCUT2D eigenvalue weighted by Gasteiger charge is -2.13. The average Bonchev–Trinajstić information content (AvgIpc) is 2.20. The average molecular weight is 220 g/mol. The van der Waals surface area contributed by atoms with E-state index in [0.717, 1.165) is 23.2 Å². The Hall–Kier alpha value is -1.32. The van der Waals surface area contributed by atoms with E-state index in [1.165, 1.54) is 0 Å². The minimum absolute atomic E-state index is 0.351. The largest absolute Gasteiger partial charge is 0.507 e. The molecule has 88 valence electrons. The van der Waals surface area contributed by atoms with Gasteiger partial charge >= 0.3 is 0 Å². The van der Waals surface area contributed by atoms with Gasteiger partial charge in [-0.3, -0.25) is 0 Å². The first-order valence-electron chi connectivity index (χ1n) is 5.38. The summed E-state index contributed by atoms with van der Waals surface area (Å²) in [5.74, 6) is 0.351. The molecule has 0 fully saturated rings. The summed E-state index contributed by atoms with van der Waals surface area (Å²) in [6.45, 7) is 3.24. The maximum Gasteiger partial charge on any atom is 0.127 e. The molecule has 1 aromatic carbocycles. The number of phenols is 1. The Balaban J connectivity index is 3.10. The van der Waals surface area contributed by atoms with Gasteiger partial charge in [0.1, 0.15) is 5.75 Å². The summed E-state index contributed by atoms with van der Waals surface area (Å²) < 4.78 is 0. The fraction of sp³-hybridized carbons (Fsp3) is 0.385. The van der Waals surface area contributed by atoms with E-state index in [2.05, 4.69) is 0 Å². The topological polar surface area (TPSA) is 49.5 Å². The van der Waals surface area contributed by atoms with Crippen molar-refractivity contribution in [3.05, 3.63) is 34.9 Å². The fourth-order valence-electron chi connectivity index (χ4n) is 1.67. The van der Waals surface area contributed by atoms with Crippen LogP contribution in [0.2, 0.25) is 0 Å². The monoisotopic (exact) mass is 220 g/mol. The van der Waals surface area contributed by atoms with Crippen LogP contribution in [0.5, 0.6) is 5.75 Å². The van der Waals surface area contributed by atoms with Crippen LogP contribution in [-0.2, 0) is 6.54 Å². The van der Waals surface area contributed by atoms with Crippen LogP contribution in [-0.4, -0.2) is 30.6 Å². The van der Waals surface area contributed by atoms with Crippen molar-refractivity contribution < 1.29 is 5.11 Å². The van der Waals surface area contributed by atoms with Crippen molar-refractivity contribution in [1.29, 1.82) is 0 Å². The minimum Gasteiger partial charge on any atom is -0.507 e. The normalized spacial score (nSPS) is 11.6. The maximum atomic E-state index is 10.1. The van der Waals surface area contributed by atoms with Gasteiger partial charge in [0.2, 0.25) is 0 Å². The van der Waals surface area contributed by atoms with Crippen LogP contribution < -0.4 is 5.73 Å². The van der Waals surface area contributed by atoms with Gasteiger partial charge in [0, 0.05) is 24.2 Å². The van der Waals surface area contributed by atoms with Crippen LogP contribution in [0.1, 0.15) is 16.7 Å². The molecule has 0 bridgehead atoms. The van der Waals surface area contributed by atoms with E-state index < -0.39 is 0 Å². The Kier molecular flexibility index (Phi) is 4.52. The Labute approximate surface area is 97.2 Å². The molecule has 0 aliphatic carbocycles. The molecule has 1 aromatic rings. The fourth-order valence-corrected chi connectivity index (χ4v) is 1.67. The minimum atomic E-state index is 0.351. The van der Waals surface area contributed by atoms with Gasteiger partial charge in [-0.05, 0) is 32.6 Å². The number of benzene rings is 1. The molecule has 0 aliphatic rings. The van der Waals surface area contributed by atoms with Crippen LogP contribution in [0, 0.1) is 6.92 Å². The van der Waals surface area contributed by atoms with E-state index in [4.69, 9.17) is 5.73 Å². The zero-order chi connectivity index (χ0) is 12.1. The Morgan fingerprint density at radius 3 is 2.62 bits per heavy atom. The quantitative estimate of drug-likeness (QED) is 0.812. The number of hydrogen-bond donors (Lipinski definition) is 2. The lowest BCUT2D eigenvalue weighted by Crippen LogP contribution is -2.11. The van der Waals surface area contributed by atoms with Crippen molar-refractivity contribution in [3.63, 3.8) is 0 Å². The summed E-state index contributed by atoms with van der Waals surface area (Å²) in [5, 5.41) is 10.1. The summed E-state index contributed by atoms with van der Waals surface area (Å²) in [6, 6.07) is 3.97. The molecule has 0 aliphatic heterocycles. The van der Waals surface area contributed by atoms with Gasteiger partial charge in [0.15, 0.2) is 0 Å². The third kappa shape index (κ3) is 3.36. The molecule has 0 aromatic heterocycles.